The largest absolute Gasteiger partial charge is 0.524 e. The Morgan fingerprint density at radius 1 is 0.942 bits per heavy atom. The summed E-state index contributed by atoms with van der Waals surface area (Å²) in [6.07, 6.45) is -5.90. The van der Waals surface area contributed by atoms with Gasteiger partial charge in [-0.05, 0) is 30.2 Å². The van der Waals surface area contributed by atoms with Gasteiger partial charge in [0, 0.05) is 24.6 Å². The SMILES string of the molecule is Cc1cn(CC(=O)N[C@H](Cc2ccccc2)C(=O)N[C@H](Cc2ccc(OP(=O)(O)O)cc2)C(=O)ON[C@@H]2[C@@H](O)[C@H](O)[C@@H](CO)O[C@H]2O)c(=O)[nH]c1=O. The monoisotopic (exact) mass is 751 g/mol. The Kier molecular flexibility index (Phi) is 13.6. The lowest BCUT2D eigenvalue weighted by atomic mass is 9.98. The van der Waals surface area contributed by atoms with Gasteiger partial charge in [0.2, 0.25) is 11.8 Å². The van der Waals surface area contributed by atoms with Crippen LogP contribution in [0.25, 0.3) is 0 Å². The minimum Gasteiger partial charge on any atom is -0.404 e. The number of ether oxygens (including phenoxy) is 1. The van der Waals surface area contributed by atoms with E-state index in [0.717, 1.165) is 4.57 Å². The first-order valence-corrected chi connectivity index (χ1v) is 17.1. The Bertz CT molecular complexity index is 1870. The summed E-state index contributed by atoms with van der Waals surface area (Å²) in [6, 6.07) is 9.02. The first-order valence-electron chi connectivity index (χ1n) is 15.6. The fraction of sp³-hybridized carbons (Fsp3) is 0.387. The van der Waals surface area contributed by atoms with Gasteiger partial charge in [0.05, 0.1) is 6.61 Å². The van der Waals surface area contributed by atoms with Gasteiger partial charge in [-0.25, -0.2) is 14.2 Å². The maximum Gasteiger partial charge on any atom is 0.524 e. The standard InChI is InChI=1S/C31H38N5O15P/c1-16-13-36(31(45)34-27(16)41)14-23(38)32-20(11-17-5-3-2-4-6-17)28(42)33-21(12-18-7-9-19(10-8-18)51-52(46,47)48)29(43)50-35-24-26(40)25(39)22(15-37)49-30(24)44/h2-10,13,20-22,24-26,30,35,37,39-40,44H,11-12,14-15H2,1H3,(H,32,38)(H,33,42)(H,34,41,45)(H2,46,47,48)/t20-,21-,22-,24-,25-,26-,30-/m1/s1. The minimum absolute atomic E-state index is 0.0892. The molecule has 1 aliphatic rings. The van der Waals surface area contributed by atoms with Crippen LogP contribution in [0.3, 0.4) is 0 Å². The molecule has 3 aromatic rings. The molecule has 0 unspecified atom stereocenters. The molecule has 282 valence electrons. The van der Waals surface area contributed by atoms with Crippen LogP contribution in [0.1, 0.15) is 16.7 Å². The van der Waals surface area contributed by atoms with Gasteiger partial charge in [0.1, 0.15) is 48.7 Å². The van der Waals surface area contributed by atoms with Crippen molar-refractivity contribution < 1.29 is 63.3 Å². The number of carbonyl (C=O) groups is 3. The molecule has 1 fully saturated rings. The van der Waals surface area contributed by atoms with Crippen LogP contribution in [-0.2, 0) is 47.9 Å². The van der Waals surface area contributed by atoms with Crippen LogP contribution in [0.4, 0.5) is 0 Å². The summed E-state index contributed by atoms with van der Waals surface area (Å²) in [7, 11) is -4.88. The zero-order chi connectivity index (χ0) is 38.2. The molecule has 1 saturated heterocycles. The van der Waals surface area contributed by atoms with Gasteiger partial charge in [-0.2, -0.15) is 0 Å². The molecular weight excluding hydrogens is 713 g/mol. The predicted octanol–water partition coefficient (Wildman–Crippen LogP) is -3.38. The molecule has 20 nitrogen and oxygen atoms in total. The molecular formula is C31H38N5O15P. The number of amides is 2. The van der Waals surface area contributed by atoms with E-state index in [1.54, 1.807) is 30.3 Å². The Labute approximate surface area is 294 Å². The molecule has 2 amide bonds. The van der Waals surface area contributed by atoms with Crippen LogP contribution in [0, 0.1) is 6.92 Å². The van der Waals surface area contributed by atoms with Crippen molar-refractivity contribution in [1.82, 2.24) is 25.7 Å². The summed E-state index contributed by atoms with van der Waals surface area (Å²) in [6.45, 7) is 0.113. The second kappa shape index (κ2) is 17.6. The highest BCUT2D eigenvalue weighted by Crippen LogP contribution is 2.37. The van der Waals surface area contributed by atoms with Crippen molar-refractivity contribution in [3.8, 4) is 5.75 Å². The smallest absolute Gasteiger partial charge is 0.404 e. The van der Waals surface area contributed by atoms with E-state index in [4.69, 9.17) is 19.4 Å². The Balaban J connectivity index is 1.57. The van der Waals surface area contributed by atoms with Crippen LogP contribution in [-0.4, -0.2) is 107 Å². The van der Waals surface area contributed by atoms with E-state index in [0.29, 0.717) is 11.1 Å². The lowest BCUT2D eigenvalue weighted by molar-refractivity contribution is -0.268. The summed E-state index contributed by atoms with van der Waals surface area (Å²) in [5, 5.41) is 45.2. The van der Waals surface area contributed by atoms with Crippen molar-refractivity contribution in [2.75, 3.05) is 6.61 Å². The summed E-state index contributed by atoms with van der Waals surface area (Å²) >= 11 is 0. The van der Waals surface area contributed by atoms with Gasteiger partial charge in [0.25, 0.3) is 5.56 Å². The average molecular weight is 752 g/mol. The van der Waals surface area contributed by atoms with E-state index in [2.05, 4.69) is 25.6 Å². The predicted molar refractivity (Wildman–Crippen MR) is 176 cm³/mol. The second-order valence-electron chi connectivity index (χ2n) is 11.8. The first-order chi connectivity index (χ1) is 24.5. The van der Waals surface area contributed by atoms with Crippen LogP contribution in [0.15, 0.2) is 70.4 Å². The van der Waals surface area contributed by atoms with Crippen LogP contribution in [0.5, 0.6) is 5.75 Å². The highest BCUT2D eigenvalue weighted by Gasteiger charge is 2.44. The van der Waals surface area contributed by atoms with Gasteiger partial charge < -0.3 is 45.2 Å². The van der Waals surface area contributed by atoms with Crippen molar-refractivity contribution in [3.05, 3.63) is 98.3 Å². The van der Waals surface area contributed by atoms with Gasteiger partial charge in [-0.15, -0.1) is 5.48 Å². The number of phosphoric acid groups is 1. The molecule has 0 bridgehead atoms. The van der Waals surface area contributed by atoms with Crippen molar-refractivity contribution >= 4 is 25.6 Å². The first kappa shape index (κ1) is 40.0. The molecule has 0 spiro atoms. The number of hydrogen-bond acceptors (Lipinski definition) is 14. The molecule has 0 saturated carbocycles. The summed E-state index contributed by atoms with van der Waals surface area (Å²) < 4.78 is 21.7. The molecule has 52 heavy (non-hydrogen) atoms. The van der Waals surface area contributed by atoms with E-state index < -0.39 is 92.7 Å². The number of H-pyrrole nitrogens is 1. The number of hydroxylamine groups is 1. The molecule has 0 aliphatic carbocycles. The number of nitrogens with one attached hydrogen (secondary N) is 4. The quantitative estimate of drug-likeness (QED) is 0.0535. The number of phosphoric ester groups is 1. The summed E-state index contributed by atoms with van der Waals surface area (Å²) in [5.74, 6) is -3.09. The Morgan fingerprint density at radius 2 is 1.58 bits per heavy atom. The summed E-state index contributed by atoms with van der Waals surface area (Å²) in [5.41, 5.74) is 1.69. The van der Waals surface area contributed by atoms with Gasteiger partial charge >= 0.3 is 19.5 Å². The fourth-order valence-corrected chi connectivity index (χ4v) is 5.53. The van der Waals surface area contributed by atoms with Gasteiger partial charge in [-0.1, -0.05) is 42.5 Å². The molecule has 1 aromatic heterocycles. The molecule has 4 rings (SSSR count). The number of aromatic nitrogens is 2. The normalized spacial score (nSPS) is 21.4. The second-order valence-corrected chi connectivity index (χ2v) is 13.0. The third-order valence-corrected chi connectivity index (χ3v) is 8.27. The average Bonchev–Trinajstić information content (AvgIpc) is 3.08. The zero-order valence-electron chi connectivity index (χ0n) is 27.4. The van der Waals surface area contributed by atoms with Crippen LogP contribution in [0.2, 0.25) is 0 Å². The van der Waals surface area contributed by atoms with E-state index in [1.165, 1.54) is 37.4 Å². The number of aromatic amines is 1. The molecule has 0 radical (unpaired) electrons. The number of benzene rings is 2. The number of carbonyl (C=O) groups excluding carboxylic acids is 3. The molecule has 2 aromatic carbocycles. The number of rotatable bonds is 15. The van der Waals surface area contributed by atoms with Crippen molar-refractivity contribution in [2.24, 2.45) is 0 Å². The highest BCUT2D eigenvalue weighted by molar-refractivity contribution is 7.46. The third kappa shape index (κ3) is 11.1. The Hall–Kier alpha value is -4.76. The van der Waals surface area contributed by atoms with E-state index >= 15 is 0 Å². The molecule has 2 heterocycles. The number of aryl methyl sites for hydroxylation is 1. The van der Waals surface area contributed by atoms with E-state index in [-0.39, 0.29) is 24.2 Å². The van der Waals surface area contributed by atoms with Crippen LogP contribution < -0.4 is 31.9 Å². The Morgan fingerprint density at radius 3 is 2.21 bits per heavy atom. The summed E-state index contributed by atoms with van der Waals surface area (Å²) in [4.78, 5) is 89.7. The zero-order valence-corrected chi connectivity index (χ0v) is 28.3. The van der Waals surface area contributed by atoms with Gasteiger partial charge in [-0.3, -0.25) is 33.7 Å². The fourth-order valence-electron chi connectivity index (χ4n) is 5.14. The molecule has 1 aliphatic heterocycles. The van der Waals surface area contributed by atoms with Crippen molar-refractivity contribution in [2.45, 2.75) is 69.0 Å². The number of aliphatic hydroxyl groups excluding tert-OH is 4. The molecule has 7 atom stereocenters. The molecule has 21 heteroatoms. The van der Waals surface area contributed by atoms with Crippen molar-refractivity contribution in [3.63, 3.8) is 0 Å². The number of nitrogens with zero attached hydrogens (tertiary/aromatic N) is 1. The van der Waals surface area contributed by atoms with Gasteiger partial charge in [0.15, 0.2) is 6.29 Å². The number of aliphatic hydroxyl groups is 4. The lowest BCUT2D eigenvalue weighted by Crippen LogP contribution is -2.64. The number of hydrogen-bond donors (Lipinski definition) is 10. The topological polar surface area (TPSA) is 308 Å². The third-order valence-electron chi connectivity index (χ3n) is 7.82. The lowest BCUT2D eigenvalue weighted by Gasteiger charge is -2.39. The van der Waals surface area contributed by atoms with E-state index in [9.17, 15) is 49.0 Å². The highest BCUT2D eigenvalue weighted by atomic mass is 31.2. The minimum atomic E-state index is -4.88. The maximum atomic E-state index is 13.8. The van der Waals surface area contributed by atoms with Crippen LogP contribution >= 0.6 is 7.82 Å². The van der Waals surface area contributed by atoms with Crippen molar-refractivity contribution in [1.29, 1.82) is 0 Å². The maximum absolute atomic E-state index is 13.8. The van der Waals surface area contributed by atoms with E-state index in [1.807, 2.05) is 0 Å². The molecule has 10 N–H and O–H groups in total.